The van der Waals surface area contributed by atoms with Gasteiger partial charge >= 0.3 is 0 Å². The number of aliphatic hydroxyl groups is 1. The zero-order chi connectivity index (χ0) is 11.4. The highest BCUT2D eigenvalue weighted by atomic mass is 32.2. The molecule has 5 heteroatoms. The molecule has 0 radical (unpaired) electrons. The van der Waals surface area contributed by atoms with Crippen LogP contribution in [0.2, 0.25) is 0 Å². The average Bonchev–Trinajstić information content (AvgIpc) is 3.04. The second-order valence-electron chi connectivity index (χ2n) is 4.39. The van der Waals surface area contributed by atoms with Gasteiger partial charge in [0.05, 0.1) is 0 Å². The van der Waals surface area contributed by atoms with E-state index in [4.69, 9.17) is 5.11 Å². The molecule has 0 aliphatic heterocycles. The quantitative estimate of drug-likeness (QED) is 0.582. The Morgan fingerprint density at radius 3 is 2.88 bits per heavy atom. The first-order valence-corrected chi connectivity index (χ1v) is 6.91. The highest BCUT2D eigenvalue weighted by molar-refractivity contribution is 7.99. The number of hydrogen-bond acceptors (Lipinski definition) is 4. The minimum Gasteiger partial charge on any atom is -0.396 e. The summed E-state index contributed by atoms with van der Waals surface area (Å²) < 4.78 is 2.09. The van der Waals surface area contributed by atoms with Crippen LogP contribution in [0.25, 0.3) is 0 Å². The van der Waals surface area contributed by atoms with Gasteiger partial charge in [-0.1, -0.05) is 11.8 Å². The molecule has 1 aliphatic carbocycles. The number of nitrogens with zero attached hydrogens (tertiary/aromatic N) is 3. The van der Waals surface area contributed by atoms with Gasteiger partial charge in [-0.3, -0.25) is 0 Å². The molecule has 4 nitrogen and oxygen atoms in total. The lowest BCUT2D eigenvalue weighted by Gasteiger charge is -2.02. The van der Waals surface area contributed by atoms with Crippen LogP contribution in [0.4, 0.5) is 0 Å². The van der Waals surface area contributed by atoms with E-state index in [0.29, 0.717) is 0 Å². The molecule has 1 saturated carbocycles. The molecule has 0 spiro atoms. The first kappa shape index (κ1) is 11.9. The van der Waals surface area contributed by atoms with Gasteiger partial charge in [-0.15, -0.1) is 10.2 Å². The van der Waals surface area contributed by atoms with Crippen molar-refractivity contribution in [3.8, 4) is 0 Å². The first-order valence-electron chi connectivity index (χ1n) is 5.93. The molecular formula is C11H19N3OS. The molecule has 1 N–H and O–H groups in total. The normalized spacial score (nSPS) is 15.6. The number of rotatable bonds is 7. The van der Waals surface area contributed by atoms with Gasteiger partial charge in [-0.25, -0.2) is 0 Å². The van der Waals surface area contributed by atoms with Gasteiger partial charge in [0.25, 0.3) is 0 Å². The summed E-state index contributed by atoms with van der Waals surface area (Å²) in [6.45, 7) is 0.265. The lowest BCUT2D eigenvalue weighted by Crippen LogP contribution is -2.00. The Hall–Kier alpha value is -0.550. The fourth-order valence-electron chi connectivity index (χ4n) is 1.56. The third-order valence-corrected chi connectivity index (χ3v) is 4.13. The maximum Gasteiger partial charge on any atom is 0.190 e. The van der Waals surface area contributed by atoms with Crippen LogP contribution < -0.4 is 0 Å². The van der Waals surface area contributed by atoms with Gasteiger partial charge < -0.3 is 9.67 Å². The number of thioether (sulfide) groups is 1. The van der Waals surface area contributed by atoms with Gasteiger partial charge in [0.15, 0.2) is 5.16 Å². The van der Waals surface area contributed by atoms with Crippen molar-refractivity contribution in [3.05, 3.63) is 5.82 Å². The van der Waals surface area contributed by atoms with Crippen LogP contribution >= 0.6 is 11.8 Å². The maximum atomic E-state index is 8.72. The topological polar surface area (TPSA) is 50.9 Å². The summed E-state index contributed by atoms with van der Waals surface area (Å²) in [6, 6.07) is 0. The Morgan fingerprint density at radius 1 is 1.38 bits per heavy atom. The zero-order valence-electron chi connectivity index (χ0n) is 9.72. The molecule has 0 aromatic carbocycles. The SMILES string of the molecule is Cn1c(CCCCO)nnc1SCC1CC1. The van der Waals surface area contributed by atoms with Crippen molar-refractivity contribution in [2.75, 3.05) is 12.4 Å². The Balaban J connectivity index is 1.83. The second-order valence-corrected chi connectivity index (χ2v) is 5.38. The standard InChI is InChI=1S/C11H19N3OS/c1-14-10(4-2-3-7-15)12-13-11(14)16-8-9-5-6-9/h9,15H,2-8H2,1H3. The van der Waals surface area contributed by atoms with Crippen molar-refractivity contribution in [2.24, 2.45) is 13.0 Å². The van der Waals surface area contributed by atoms with Crippen molar-refractivity contribution in [1.82, 2.24) is 14.8 Å². The summed E-state index contributed by atoms with van der Waals surface area (Å²) in [6.07, 6.45) is 5.50. The summed E-state index contributed by atoms with van der Waals surface area (Å²) in [4.78, 5) is 0. The smallest absolute Gasteiger partial charge is 0.190 e. The number of hydrogen-bond donors (Lipinski definition) is 1. The van der Waals surface area contributed by atoms with Crippen LogP contribution in [0, 0.1) is 5.92 Å². The summed E-state index contributed by atoms with van der Waals surface area (Å²) in [5.74, 6) is 3.13. The van der Waals surface area contributed by atoms with E-state index in [1.165, 1.54) is 18.6 Å². The zero-order valence-corrected chi connectivity index (χ0v) is 10.5. The summed E-state index contributed by atoms with van der Waals surface area (Å²) in [7, 11) is 2.03. The highest BCUT2D eigenvalue weighted by Crippen LogP contribution is 2.34. The van der Waals surface area contributed by atoms with Gasteiger partial charge in [-0.05, 0) is 31.6 Å². The molecule has 1 aromatic rings. The number of aliphatic hydroxyl groups excluding tert-OH is 1. The first-order chi connectivity index (χ1) is 7.81. The summed E-state index contributed by atoms with van der Waals surface area (Å²) in [5.41, 5.74) is 0. The van der Waals surface area contributed by atoms with E-state index in [9.17, 15) is 0 Å². The predicted octanol–water partition coefficient (Wildman–Crippen LogP) is 1.63. The van der Waals surface area contributed by atoms with E-state index in [0.717, 1.165) is 36.2 Å². The fourth-order valence-corrected chi connectivity index (χ4v) is 2.68. The van der Waals surface area contributed by atoms with Crippen LogP contribution in [0.15, 0.2) is 5.16 Å². The highest BCUT2D eigenvalue weighted by Gasteiger charge is 2.22. The number of aryl methyl sites for hydroxylation is 1. The molecule has 1 aliphatic rings. The Kier molecular flexibility index (Phi) is 4.23. The molecule has 1 aromatic heterocycles. The van der Waals surface area contributed by atoms with Gasteiger partial charge in [0.1, 0.15) is 5.82 Å². The Bertz CT molecular complexity index is 336. The van der Waals surface area contributed by atoms with Crippen LogP contribution in [0.1, 0.15) is 31.5 Å². The largest absolute Gasteiger partial charge is 0.396 e. The van der Waals surface area contributed by atoms with Gasteiger partial charge in [-0.2, -0.15) is 0 Å². The van der Waals surface area contributed by atoms with E-state index in [2.05, 4.69) is 14.8 Å². The summed E-state index contributed by atoms with van der Waals surface area (Å²) >= 11 is 1.82. The third-order valence-electron chi connectivity index (χ3n) is 2.88. The molecule has 2 rings (SSSR count). The summed E-state index contributed by atoms with van der Waals surface area (Å²) in [5, 5.41) is 18.2. The number of unbranched alkanes of at least 4 members (excludes halogenated alkanes) is 1. The minimum absolute atomic E-state index is 0.265. The monoisotopic (exact) mass is 241 g/mol. The molecule has 0 atom stereocenters. The molecule has 0 saturated heterocycles. The van der Waals surface area contributed by atoms with E-state index in [-0.39, 0.29) is 6.61 Å². The van der Waals surface area contributed by atoms with Crippen molar-refractivity contribution in [3.63, 3.8) is 0 Å². The van der Waals surface area contributed by atoms with Crippen LogP contribution in [0.5, 0.6) is 0 Å². The molecule has 1 heterocycles. The lowest BCUT2D eigenvalue weighted by atomic mass is 10.2. The van der Waals surface area contributed by atoms with Crippen LogP contribution in [-0.4, -0.2) is 32.2 Å². The Labute approximate surface area is 100 Å². The Morgan fingerprint density at radius 2 is 2.19 bits per heavy atom. The van der Waals surface area contributed by atoms with E-state index < -0.39 is 0 Å². The van der Waals surface area contributed by atoms with Gasteiger partial charge in [0, 0.05) is 25.8 Å². The molecule has 0 amide bonds. The predicted molar refractivity (Wildman–Crippen MR) is 64.5 cm³/mol. The van der Waals surface area contributed by atoms with Crippen LogP contribution in [-0.2, 0) is 13.5 Å². The molecule has 0 bridgehead atoms. The van der Waals surface area contributed by atoms with Crippen molar-refractivity contribution in [2.45, 2.75) is 37.3 Å². The van der Waals surface area contributed by atoms with Crippen molar-refractivity contribution >= 4 is 11.8 Å². The molecule has 90 valence electrons. The van der Waals surface area contributed by atoms with Crippen LogP contribution in [0.3, 0.4) is 0 Å². The van der Waals surface area contributed by atoms with Crippen molar-refractivity contribution in [1.29, 1.82) is 0 Å². The van der Waals surface area contributed by atoms with Crippen molar-refractivity contribution < 1.29 is 5.11 Å². The van der Waals surface area contributed by atoms with Gasteiger partial charge in [0.2, 0.25) is 0 Å². The fraction of sp³-hybridized carbons (Fsp3) is 0.818. The molecule has 16 heavy (non-hydrogen) atoms. The average molecular weight is 241 g/mol. The molecular weight excluding hydrogens is 222 g/mol. The van der Waals surface area contributed by atoms with E-state index in [1.807, 2.05) is 18.8 Å². The molecule has 1 fully saturated rings. The number of aromatic nitrogens is 3. The maximum absolute atomic E-state index is 8.72. The lowest BCUT2D eigenvalue weighted by molar-refractivity contribution is 0.284. The molecule has 0 unspecified atom stereocenters. The second kappa shape index (κ2) is 5.68. The minimum atomic E-state index is 0.265. The van der Waals surface area contributed by atoms with E-state index >= 15 is 0 Å². The van der Waals surface area contributed by atoms with E-state index in [1.54, 1.807) is 0 Å². The third kappa shape index (κ3) is 3.22.